The fraction of sp³-hybridized carbons (Fsp3) is 0.250. The van der Waals surface area contributed by atoms with Crippen LogP contribution in [0.3, 0.4) is 0 Å². The third-order valence-electron chi connectivity index (χ3n) is 3.45. The number of alkyl halides is 3. The summed E-state index contributed by atoms with van der Waals surface area (Å²) in [5.74, 6) is -0.952. The maximum Gasteiger partial charge on any atom is 0.419 e. The molecule has 2 aromatic rings. The summed E-state index contributed by atoms with van der Waals surface area (Å²) in [6.45, 7) is -0.0450. The molecule has 0 aliphatic heterocycles. The molecule has 27 heavy (non-hydrogen) atoms. The van der Waals surface area contributed by atoms with Crippen molar-refractivity contribution in [2.75, 3.05) is 25.5 Å². The van der Waals surface area contributed by atoms with Gasteiger partial charge in [-0.25, -0.2) is 4.98 Å². The third kappa shape index (κ3) is 5.06. The number of halogens is 3. The Morgan fingerprint density at radius 2 is 2.04 bits per heavy atom. The van der Waals surface area contributed by atoms with Crippen LogP contribution in [0.25, 0.3) is 0 Å². The van der Waals surface area contributed by atoms with E-state index in [-0.39, 0.29) is 35.9 Å². The number of ether oxygens (including phenoxy) is 1. The summed E-state index contributed by atoms with van der Waals surface area (Å²) in [5, 5.41) is 15.9. The van der Waals surface area contributed by atoms with Crippen LogP contribution in [0.2, 0.25) is 0 Å². The molecule has 0 saturated carbocycles. The molecule has 2 rings (SSSR count). The number of nitrogens with one attached hydrogen (secondary N) is 2. The Bertz CT molecular complexity index is 843. The number of methoxy groups -OCH3 is 1. The van der Waals surface area contributed by atoms with E-state index in [2.05, 4.69) is 15.6 Å². The molecule has 0 bridgehead atoms. The number of carbonyl (C=O) groups is 1. The molecule has 2 N–H and O–H groups in total. The van der Waals surface area contributed by atoms with E-state index in [1.807, 2.05) is 0 Å². The van der Waals surface area contributed by atoms with Crippen molar-refractivity contribution in [2.45, 2.75) is 6.18 Å². The van der Waals surface area contributed by atoms with Crippen molar-refractivity contribution < 1.29 is 27.6 Å². The van der Waals surface area contributed by atoms with Crippen molar-refractivity contribution in [2.24, 2.45) is 0 Å². The number of nitro benzene ring substituents is 1. The molecule has 8 nitrogen and oxygen atoms in total. The van der Waals surface area contributed by atoms with E-state index in [0.29, 0.717) is 0 Å². The molecule has 1 aromatic heterocycles. The number of benzene rings is 1. The number of pyridine rings is 1. The van der Waals surface area contributed by atoms with Crippen LogP contribution < -0.4 is 15.4 Å². The smallest absolute Gasteiger partial charge is 0.419 e. The Balaban J connectivity index is 1.96. The zero-order chi connectivity index (χ0) is 20.0. The predicted octanol–water partition coefficient (Wildman–Crippen LogP) is 2.86. The highest BCUT2D eigenvalue weighted by Gasteiger charge is 2.33. The molecule has 0 spiro atoms. The average molecular weight is 384 g/mol. The monoisotopic (exact) mass is 384 g/mol. The second kappa shape index (κ2) is 8.34. The van der Waals surface area contributed by atoms with Gasteiger partial charge in [0.15, 0.2) is 5.75 Å². The fourth-order valence-corrected chi connectivity index (χ4v) is 2.21. The van der Waals surface area contributed by atoms with Gasteiger partial charge in [-0.15, -0.1) is 0 Å². The van der Waals surface area contributed by atoms with Crippen LogP contribution >= 0.6 is 0 Å². The SMILES string of the molecule is COc1ccc(C(=O)NCCNc2ncccc2C(F)(F)F)cc1[N+](=O)[O-]. The highest BCUT2D eigenvalue weighted by atomic mass is 19.4. The zero-order valence-electron chi connectivity index (χ0n) is 14.0. The number of aromatic nitrogens is 1. The van der Waals surface area contributed by atoms with Gasteiger partial charge in [0.05, 0.1) is 17.6 Å². The van der Waals surface area contributed by atoms with E-state index in [1.165, 1.54) is 31.5 Å². The van der Waals surface area contributed by atoms with Gasteiger partial charge in [-0.3, -0.25) is 14.9 Å². The standard InChI is InChI=1S/C16H15F3N4O4/c1-27-13-5-4-10(9-12(13)23(25)26)15(24)22-8-7-21-14-11(16(17,18)19)3-2-6-20-14/h2-6,9H,7-8H2,1H3,(H,20,21)(H,22,24). The average Bonchev–Trinajstić information content (AvgIpc) is 2.64. The molecule has 144 valence electrons. The number of hydrogen-bond acceptors (Lipinski definition) is 6. The van der Waals surface area contributed by atoms with Crippen molar-refractivity contribution in [3.8, 4) is 5.75 Å². The molecule has 0 aliphatic carbocycles. The number of nitro groups is 1. The predicted molar refractivity (Wildman–Crippen MR) is 89.7 cm³/mol. The Hall–Kier alpha value is -3.37. The second-order valence-corrected chi connectivity index (χ2v) is 5.22. The molecule has 11 heteroatoms. The Morgan fingerprint density at radius 1 is 1.30 bits per heavy atom. The van der Waals surface area contributed by atoms with Gasteiger partial charge in [-0.1, -0.05) is 0 Å². The highest BCUT2D eigenvalue weighted by molar-refractivity contribution is 5.95. The van der Waals surface area contributed by atoms with Gasteiger partial charge in [0.2, 0.25) is 0 Å². The van der Waals surface area contributed by atoms with Crippen molar-refractivity contribution in [1.82, 2.24) is 10.3 Å². The summed E-state index contributed by atoms with van der Waals surface area (Å²) in [5.41, 5.74) is -1.26. The van der Waals surface area contributed by atoms with E-state index < -0.39 is 22.6 Å². The number of amides is 1. The van der Waals surface area contributed by atoms with Gasteiger partial charge >= 0.3 is 11.9 Å². The number of rotatable bonds is 7. The summed E-state index contributed by atoms with van der Waals surface area (Å²) in [6.07, 6.45) is -3.34. The first-order chi connectivity index (χ1) is 12.7. The van der Waals surface area contributed by atoms with E-state index in [0.717, 1.165) is 12.1 Å². The first-order valence-electron chi connectivity index (χ1n) is 7.60. The molecular weight excluding hydrogens is 369 g/mol. The fourth-order valence-electron chi connectivity index (χ4n) is 2.21. The van der Waals surface area contributed by atoms with Gasteiger partial charge in [0.25, 0.3) is 5.91 Å². The molecule has 0 unspecified atom stereocenters. The van der Waals surface area contributed by atoms with E-state index >= 15 is 0 Å². The maximum absolute atomic E-state index is 12.9. The highest BCUT2D eigenvalue weighted by Crippen LogP contribution is 2.33. The van der Waals surface area contributed by atoms with Gasteiger partial charge < -0.3 is 15.4 Å². The first-order valence-corrected chi connectivity index (χ1v) is 7.60. The van der Waals surface area contributed by atoms with Crippen LogP contribution in [0.4, 0.5) is 24.7 Å². The molecule has 1 aromatic carbocycles. The topological polar surface area (TPSA) is 106 Å². The van der Waals surface area contributed by atoms with Crippen LogP contribution in [0.15, 0.2) is 36.5 Å². The lowest BCUT2D eigenvalue weighted by atomic mass is 10.1. The number of nitrogens with zero attached hydrogens (tertiary/aromatic N) is 2. The van der Waals surface area contributed by atoms with Crippen LogP contribution in [0.5, 0.6) is 5.75 Å². The van der Waals surface area contributed by atoms with Crippen LogP contribution in [0.1, 0.15) is 15.9 Å². The van der Waals surface area contributed by atoms with Crippen molar-refractivity contribution in [3.05, 3.63) is 57.8 Å². The molecule has 0 aliphatic rings. The molecule has 1 heterocycles. The summed E-state index contributed by atoms with van der Waals surface area (Å²) in [6, 6.07) is 5.75. The molecule has 0 saturated heterocycles. The summed E-state index contributed by atoms with van der Waals surface area (Å²) >= 11 is 0. The lowest BCUT2D eigenvalue weighted by Gasteiger charge is -2.13. The maximum atomic E-state index is 12.9. The minimum absolute atomic E-state index is 0.00745. The molecular formula is C16H15F3N4O4. The second-order valence-electron chi connectivity index (χ2n) is 5.22. The lowest BCUT2D eigenvalue weighted by Crippen LogP contribution is -2.29. The van der Waals surface area contributed by atoms with Gasteiger partial charge in [-0.05, 0) is 24.3 Å². The number of anilines is 1. The molecule has 0 radical (unpaired) electrons. The summed E-state index contributed by atoms with van der Waals surface area (Å²) < 4.78 is 43.4. The van der Waals surface area contributed by atoms with Gasteiger partial charge in [-0.2, -0.15) is 13.2 Å². The van der Waals surface area contributed by atoms with Gasteiger partial charge in [0.1, 0.15) is 5.82 Å². The van der Waals surface area contributed by atoms with E-state index in [4.69, 9.17) is 4.74 Å². The van der Waals surface area contributed by atoms with Gasteiger partial charge in [0, 0.05) is 30.9 Å². The normalized spacial score (nSPS) is 11.0. The Kier molecular flexibility index (Phi) is 6.16. The first kappa shape index (κ1) is 19.9. The third-order valence-corrected chi connectivity index (χ3v) is 3.45. The Labute approximate surface area is 151 Å². The van der Waals surface area contributed by atoms with Crippen molar-refractivity contribution in [3.63, 3.8) is 0 Å². The summed E-state index contributed by atoms with van der Waals surface area (Å²) in [7, 11) is 1.26. The van der Waals surface area contributed by atoms with Crippen LogP contribution in [0, 0.1) is 10.1 Å². The minimum Gasteiger partial charge on any atom is -0.490 e. The summed E-state index contributed by atoms with van der Waals surface area (Å²) in [4.78, 5) is 26.0. The zero-order valence-corrected chi connectivity index (χ0v) is 14.0. The van der Waals surface area contributed by atoms with Crippen LogP contribution in [-0.2, 0) is 6.18 Å². The molecule has 0 fully saturated rings. The number of carbonyl (C=O) groups excluding carboxylic acids is 1. The van der Waals surface area contributed by atoms with Crippen molar-refractivity contribution >= 4 is 17.4 Å². The Morgan fingerprint density at radius 3 is 2.67 bits per heavy atom. The molecule has 1 amide bonds. The minimum atomic E-state index is -4.55. The van der Waals surface area contributed by atoms with E-state index in [1.54, 1.807) is 0 Å². The largest absolute Gasteiger partial charge is 0.490 e. The molecule has 0 atom stereocenters. The lowest BCUT2D eigenvalue weighted by molar-refractivity contribution is -0.385. The van der Waals surface area contributed by atoms with Crippen LogP contribution in [-0.4, -0.2) is 36.0 Å². The quantitative estimate of drug-likeness (QED) is 0.432. The number of hydrogen-bond donors (Lipinski definition) is 2. The van der Waals surface area contributed by atoms with Crippen molar-refractivity contribution in [1.29, 1.82) is 0 Å². The van der Waals surface area contributed by atoms with E-state index in [9.17, 15) is 28.1 Å².